The van der Waals surface area contributed by atoms with Crippen LogP contribution in [-0.4, -0.2) is 18.2 Å². The van der Waals surface area contributed by atoms with Gasteiger partial charge in [0.25, 0.3) is 0 Å². The van der Waals surface area contributed by atoms with E-state index in [4.69, 9.17) is 9.15 Å². The Bertz CT molecular complexity index is 572. The van der Waals surface area contributed by atoms with Crippen LogP contribution in [0.4, 0.5) is 0 Å². The molecule has 5 nitrogen and oxygen atoms in total. The van der Waals surface area contributed by atoms with E-state index in [1.807, 2.05) is 38.1 Å². The lowest BCUT2D eigenvalue weighted by Gasteiger charge is -2.08. The Morgan fingerprint density at radius 1 is 1.30 bits per heavy atom. The lowest BCUT2D eigenvalue weighted by atomic mass is 10.2. The molecule has 0 aliphatic carbocycles. The fraction of sp³-hybridized carbons (Fsp3) is 0.200. The zero-order valence-corrected chi connectivity index (χ0v) is 11.4. The van der Waals surface area contributed by atoms with Gasteiger partial charge in [0.05, 0.1) is 18.6 Å². The molecule has 0 aliphatic heterocycles. The van der Waals surface area contributed by atoms with Gasteiger partial charge in [0.1, 0.15) is 5.75 Å². The molecule has 0 radical (unpaired) electrons. The van der Waals surface area contributed by atoms with Crippen molar-refractivity contribution in [2.24, 2.45) is 5.10 Å². The van der Waals surface area contributed by atoms with E-state index in [1.165, 1.54) is 6.26 Å². The smallest absolute Gasteiger partial charge is 0.307 e. The van der Waals surface area contributed by atoms with Crippen LogP contribution >= 0.6 is 0 Å². The quantitative estimate of drug-likeness (QED) is 0.672. The second kappa shape index (κ2) is 6.56. The summed E-state index contributed by atoms with van der Waals surface area (Å²) in [7, 11) is 0. The Morgan fingerprint density at radius 2 is 2.05 bits per heavy atom. The monoisotopic (exact) mass is 272 g/mol. The third-order valence-electron chi connectivity index (χ3n) is 2.38. The zero-order valence-electron chi connectivity index (χ0n) is 11.4. The lowest BCUT2D eigenvalue weighted by Crippen LogP contribution is -2.16. The van der Waals surface area contributed by atoms with E-state index in [1.54, 1.807) is 18.3 Å². The number of benzene rings is 1. The molecular formula is C15H16N2O3. The molecule has 20 heavy (non-hydrogen) atoms. The number of hydrogen-bond acceptors (Lipinski definition) is 4. The van der Waals surface area contributed by atoms with Gasteiger partial charge in [-0.1, -0.05) is 0 Å². The highest BCUT2D eigenvalue weighted by atomic mass is 16.5. The highest BCUT2D eigenvalue weighted by molar-refractivity contribution is 5.92. The van der Waals surface area contributed by atoms with Crippen LogP contribution in [0.2, 0.25) is 0 Å². The molecule has 2 rings (SSSR count). The number of carbonyl (C=O) groups is 1. The van der Waals surface area contributed by atoms with E-state index < -0.39 is 0 Å². The molecule has 0 aliphatic rings. The fourth-order valence-corrected chi connectivity index (χ4v) is 1.53. The summed E-state index contributed by atoms with van der Waals surface area (Å²) < 4.78 is 10.5. The first-order valence-electron chi connectivity index (χ1n) is 6.29. The van der Waals surface area contributed by atoms with Gasteiger partial charge in [-0.25, -0.2) is 5.43 Å². The van der Waals surface area contributed by atoms with Crippen molar-refractivity contribution in [3.63, 3.8) is 0 Å². The molecule has 2 aromatic rings. The van der Waals surface area contributed by atoms with Crippen LogP contribution < -0.4 is 10.2 Å². The number of amides is 1. The second-order valence-electron chi connectivity index (χ2n) is 4.41. The third-order valence-corrected chi connectivity index (χ3v) is 2.38. The summed E-state index contributed by atoms with van der Waals surface area (Å²) in [4.78, 5) is 11.5. The van der Waals surface area contributed by atoms with E-state index >= 15 is 0 Å². The maximum Gasteiger partial charge on any atom is 0.307 e. The Labute approximate surface area is 117 Å². The van der Waals surface area contributed by atoms with E-state index in [0.717, 1.165) is 11.3 Å². The summed E-state index contributed by atoms with van der Waals surface area (Å²) in [6.45, 7) is 3.94. The fourth-order valence-electron chi connectivity index (χ4n) is 1.53. The van der Waals surface area contributed by atoms with Crippen molar-refractivity contribution in [2.75, 3.05) is 0 Å². The molecule has 5 heteroatoms. The van der Waals surface area contributed by atoms with Crippen LogP contribution in [0.5, 0.6) is 5.75 Å². The molecule has 0 saturated heterocycles. The highest BCUT2D eigenvalue weighted by Gasteiger charge is 2.05. The Hall–Kier alpha value is -2.56. The van der Waals surface area contributed by atoms with Crippen molar-refractivity contribution in [2.45, 2.75) is 20.0 Å². The largest absolute Gasteiger partial charge is 0.491 e. The van der Waals surface area contributed by atoms with Gasteiger partial charge in [-0.2, -0.15) is 5.10 Å². The van der Waals surface area contributed by atoms with Gasteiger partial charge in [-0.05, 0) is 55.8 Å². The lowest BCUT2D eigenvalue weighted by molar-refractivity contribution is 0.0927. The maximum atomic E-state index is 11.5. The van der Waals surface area contributed by atoms with E-state index in [-0.39, 0.29) is 17.8 Å². The van der Waals surface area contributed by atoms with Crippen LogP contribution in [-0.2, 0) is 0 Å². The first-order valence-corrected chi connectivity index (χ1v) is 6.29. The predicted molar refractivity (Wildman–Crippen MR) is 76.0 cm³/mol. The van der Waals surface area contributed by atoms with Gasteiger partial charge >= 0.3 is 5.91 Å². The molecule has 104 valence electrons. The van der Waals surface area contributed by atoms with E-state index in [2.05, 4.69) is 10.5 Å². The number of carbonyl (C=O) groups excluding carboxylic acids is 1. The maximum absolute atomic E-state index is 11.5. The average molecular weight is 272 g/mol. The number of ether oxygens (including phenoxy) is 1. The van der Waals surface area contributed by atoms with Crippen LogP contribution in [0.15, 0.2) is 52.2 Å². The third kappa shape index (κ3) is 3.98. The Kier molecular flexibility index (Phi) is 4.55. The molecule has 1 aromatic carbocycles. The predicted octanol–water partition coefficient (Wildman–Crippen LogP) is 2.83. The van der Waals surface area contributed by atoms with Crippen LogP contribution in [0.25, 0.3) is 0 Å². The highest BCUT2D eigenvalue weighted by Crippen LogP contribution is 2.12. The van der Waals surface area contributed by atoms with E-state index in [0.29, 0.717) is 0 Å². The van der Waals surface area contributed by atoms with Gasteiger partial charge in [0.15, 0.2) is 5.76 Å². The normalized spacial score (nSPS) is 10.9. The molecule has 1 heterocycles. The molecule has 0 atom stereocenters. The number of nitrogens with zero attached hydrogens (tertiary/aromatic N) is 1. The molecule has 0 fully saturated rings. The van der Waals surface area contributed by atoms with Crippen molar-refractivity contribution in [1.82, 2.24) is 5.43 Å². The SMILES string of the molecule is CC(C)Oc1ccc(/C=N/NC(=O)c2ccco2)cc1. The van der Waals surface area contributed by atoms with Gasteiger partial charge in [-0.3, -0.25) is 4.79 Å². The summed E-state index contributed by atoms with van der Waals surface area (Å²) in [6, 6.07) is 10.7. The number of nitrogens with one attached hydrogen (secondary N) is 1. The molecule has 0 spiro atoms. The summed E-state index contributed by atoms with van der Waals surface area (Å²) in [5, 5.41) is 3.86. The topological polar surface area (TPSA) is 63.8 Å². The average Bonchev–Trinajstić information content (AvgIpc) is 2.94. The summed E-state index contributed by atoms with van der Waals surface area (Å²) >= 11 is 0. The van der Waals surface area contributed by atoms with Crippen molar-refractivity contribution in [1.29, 1.82) is 0 Å². The standard InChI is InChI=1S/C15H16N2O3/c1-11(2)20-13-7-5-12(6-8-13)10-16-17-15(18)14-4-3-9-19-14/h3-11H,1-2H3,(H,17,18)/b16-10+. The minimum Gasteiger partial charge on any atom is -0.491 e. The van der Waals surface area contributed by atoms with Crippen LogP contribution in [0, 0.1) is 0 Å². The minimum absolute atomic E-state index is 0.141. The van der Waals surface area contributed by atoms with Crippen LogP contribution in [0.3, 0.4) is 0 Å². The molecule has 0 bridgehead atoms. The molecule has 1 N–H and O–H groups in total. The van der Waals surface area contributed by atoms with Crippen molar-refractivity contribution < 1.29 is 13.9 Å². The van der Waals surface area contributed by atoms with Crippen molar-refractivity contribution >= 4 is 12.1 Å². The number of hydrazone groups is 1. The number of rotatable bonds is 5. The number of hydrogen-bond donors (Lipinski definition) is 1. The summed E-state index contributed by atoms with van der Waals surface area (Å²) in [5.41, 5.74) is 3.25. The van der Waals surface area contributed by atoms with Crippen molar-refractivity contribution in [3.05, 3.63) is 54.0 Å². The zero-order chi connectivity index (χ0) is 14.4. The number of furan rings is 1. The van der Waals surface area contributed by atoms with Gasteiger partial charge in [-0.15, -0.1) is 0 Å². The molecular weight excluding hydrogens is 256 g/mol. The summed E-state index contributed by atoms with van der Waals surface area (Å²) in [5.74, 6) is 0.644. The Morgan fingerprint density at radius 3 is 2.65 bits per heavy atom. The Balaban J connectivity index is 1.89. The van der Waals surface area contributed by atoms with Crippen LogP contribution in [0.1, 0.15) is 30.0 Å². The minimum atomic E-state index is -0.383. The molecule has 0 saturated carbocycles. The molecule has 1 amide bonds. The molecule has 0 unspecified atom stereocenters. The second-order valence-corrected chi connectivity index (χ2v) is 4.41. The summed E-state index contributed by atoms with van der Waals surface area (Å²) in [6.07, 6.45) is 3.13. The van der Waals surface area contributed by atoms with Gasteiger partial charge < -0.3 is 9.15 Å². The van der Waals surface area contributed by atoms with Crippen molar-refractivity contribution in [3.8, 4) is 5.75 Å². The van der Waals surface area contributed by atoms with E-state index in [9.17, 15) is 4.79 Å². The van der Waals surface area contributed by atoms with Gasteiger partial charge in [0, 0.05) is 0 Å². The van der Waals surface area contributed by atoms with Gasteiger partial charge in [0.2, 0.25) is 0 Å². The molecule has 1 aromatic heterocycles. The first kappa shape index (κ1) is 13.9. The first-order chi connectivity index (χ1) is 9.65.